The van der Waals surface area contributed by atoms with Gasteiger partial charge in [-0.2, -0.15) is 0 Å². The summed E-state index contributed by atoms with van der Waals surface area (Å²) in [6.45, 7) is 10.4. The predicted octanol–water partition coefficient (Wildman–Crippen LogP) is 4.52. The quantitative estimate of drug-likeness (QED) is 0.805. The maximum atomic E-state index is 12.3. The van der Waals surface area contributed by atoms with Crippen molar-refractivity contribution in [1.29, 1.82) is 0 Å². The van der Waals surface area contributed by atoms with E-state index < -0.39 is 0 Å². The number of amides is 1. The van der Waals surface area contributed by atoms with Crippen LogP contribution in [0.5, 0.6) is 0 Å². The summed E-state index contributed by atoms with van der Waals surface area (Å²) in [5.74, 6) is -0.204. The van der Waals surface area contributed by atoms with Crippen molar-refractivity contribution >= 4 is 34.8 Å². The lowest BCUT2D eigenvalue weighted by atomic mass is 9.81. The van der Waals surface area contributed by atoms with Gasteiger partial charge in [-0.15, -0.1) is 0 Å². The molecule has 0 bridgehead atoms. The average molecular weight is 317 g/mol. The number of carbonyl (C=O) groups excluding carboxylic acids is 1. The van der Waals surface area contributed by atoms with Crippen LogP contribution < -0.4 is 11.1 Å². The standard InChI is InChI=1S/C15H22Cl2N2O/c1-14(2,3)8-15(4,5)19-13(20)9-6-10(16)12(17)11(18)7-9/h6-7H,8,18H2,1-5H3,(H,19,20). The molecule has 0 aliphatic heterocycles. The van der Waals surface area contributed by atoms with Gasteiger partial charge in [-0.05, 0) is 37.8 Å². The molecule has 0 saturated heterocycles. The first-order valence-electron chi connectivity index (χ1n) is 6.48. The summed E-state index contributed by atoms with van der Waals surface area (Å²) in [6.07, 6.45) is 0.850. The lowest BCUT2D eigenvalue weighted by Crippen LogP contribution is -2.45. The van der Waals surface area contributed by atoms with Gasteiger partial charge in [-0.3, -0.25) is 4.79 Å². The molecule has 0 fully saturated rings. The third kappa shape index (κ3) is 4.88. The third-order valence-corrected chi connectivity index (χ3v) is 3.56. The van der Waals surface area contributed by atoms with E-state index in [0.717, 1.165) is 6.42 Å². The van der Waals surface area contributed by atoms with Gasteiger partial charge in [-0.25, -0.2) is 0 Å². The van der Waals surface area contributed by atoms with Crippen LogP contribution in [0, 0.1) is 5.41 Å². The number of benzene rings is 1. The normalized spacial score (nSPS) is 12.3. The van der Waals surface area contributed by atoms with Crippen molar-refractivity contribution < 1.29 is 4.79 Å². The van der Waals surface area contributed by atoms with Crippen LogP contribution in [0.2, 0.25) is 10.0 Å². The summed E-state index contributed by atoms with van der Waals surface area (Å²) in [4.78, 5) is 12.3. The molecule has 0 aliphatic carbocycles. The molecule has 0 atom stereocenters. The van der Waals surface area contributed by atoms with Crippen LogP contribution >= 0.6 is 23.2 Å². The zero-order valence-corrected chi connectivity index (χ0v) is 14.1. The van der Waals surface area contributed by atoms with Crippen LogP contribution in [-0.4, -0.2) is 11.4 Å². The molecule has 0 spiro atoms. The van der Waals surface area contributed by atoms with E-state index in [9.17, 15) is 4.79 Å². The molecule has 0 heterocycles. The van der Waals surface area contributed by atoms with Crippen LogP contribution in [0.25, 0.3) is 0 Å². The van der Waals surface area contributed by atoms with Crippen molar-refractivity contribution in [2.24, 2.45) is 5.41 Å². The van der Waals surface area contributed by atoms with Gasteiger partial charge in [0, 0.05) is 11.1 Å². The fourth-order valence-corrected chi connectivity index (χ4v) is 2.83. The first kappa shape index (κ1) is 17.1. The van der Waals surface area contributed by atoms with E-state index in [1.54, 1.807) is 0 Å². The Kier molecular flexibility index (Phi) is 4.99. The minimum atomic E-state index is -0.323. The van der Waals surface area contributed by atoms with Crippen molar-refractivity contribution in [3.63, 3.8) is 0 Å². The topological polar surface area (TPSA) is 55.1 Å². The number of carbonyl (C=O) groups is 1. The Labute approximate surface area is 130 Å². The number of nitrogens with two attached hydrogens (primary N) is 1. The van der Waals surface area contributed by atoms with Crippen LogP contribution in [0.3, 0.4) is 0 Å². The number of anilines is 1. The second kappa shape index (κ2) is 5.82. The number of rotatable bonds is 3. The highest BCUT2D eigenvalue weighted by molar-refractivity contribution is 6.43. The first-order valence-corrected chi connectivity index (χ1v) is 7.24. The first-order chi connectivity index (χ1) is 8.91. The minimum absolute atomic E-state index is 0.119. The summed E-state index contributed by atoms with van der Waals surface area (Å²) in [7, 11) is 0. The van der Waals surface area contributed by atoms with E-state index in [0.29, 0.717) is 11.3 Å². The highest BCUT2D eigenvalue weighted by atomic mass is 35.5. The Hall–Kier alpha value is -0.930. The largest absolute Gasteiger partial charge is 0.397 e. The Bertz CT molecular complexity index is 496. The molecule has 0 aromatic heterocycles. The molecule has 1 aromatic carbocycles. The summed E-state index contributed by atoms with van der Waals surface area (Å²) in [5.41, 5.74) is 6.24. The number of nitrogen functional groups attached to an aromatic ring is 1. The maximum absolute atomic E-state index is 12.3. The minimum Gasteiger partial charge on any atom is -0.397 e. The van der Waals surface area contributed by atoms with E-state index in [-0.39, 0.29) is 26.9 Å². The zero-order valence-electron chi connectivity index (χ0n) is 12.6. The molecule has 0 unspecified atom stereocenters. The van der Waals surface area contributed by atoms with Gasteiger partial charge in [0.1, 0.15) is 0 Å². The number of hydrogen-bond acceptors (Lipinski definition) is 2. The van der Waals surface area contributed by atoms with Gasteiger partial charge in [0.25, 0.3) is 5.91 Å². The highest BCUT2D eigenvalue weighted by Gasteiger charge is 2.27. The molecule has 5 heteroatoms. The van der Waals surface area contributed by atoms with Gasteiger partial charge in [0.2, 0.25) is 0 Å². The van der Waals surface area contributed by atoms with Gasteiger partial charge < -0.3 is 11.1 Å². The van der Waals surface area contributed by atoms with Gasteiger partial charge >= 0.3 is 0 Å². The van der Waals surface area contributed by atoms with Gasteiger partial charge in [0.05, 0.1) is 15.7 Å². The highest BCUT2D eigenvalue weighted by Crippen LogP contribution is 2.30. The molecule has 0 saturated carbocycles. The summed E-state index contributed by atoms with van der Waals surface area (Å²) >= 11 is 11.8. The molecule has 0 radical (unpaired) electrons. The molecule has 0 aliphatic rings. The average Bonchev–Trinajstić information content (AvgIpc) is 2.20. The molecule has 3 N–H and O–H groups in total. The smallest absolute Gasteiger partial charge is 0.251 e. The Balaban J connectivity index is 2.92. The van der Waals surface area contributed by atoms with E-state index in [2.05, 4.69) is 26.1 Å². The van der Waals surface area contributed by atoms with Crippen molar-refractivity contribution in [2.75, 3.05) is 5.73 Å². The van der Waals surface area contributed by atoms with Crippen molar-refractivity contribution in [3.8, 4) is 0 Å². The molecule has 1 rings (SSSR count). The molecular formula is C15H22Cl2N2O. The second-order valence-electron chi connectivity index (χ2n) is 6.94. The third-order valence-electron chi connectivity index (χ3n) is 2.74. The molecule has 1 amide bonds. The lowest BCUT2D eigenvalue weighted by molar-refractivity contribution is 0.0891. The van der Waals surface area contributed by atoms with Crippen molar-refractivity contribution in [2.45, 2.75) is 46.6 Å². The second-order valence-corrected chi connectivity index (χ2v) is 7.72. The molecule has 20 heavy (non-hydrogen) atoms. The summed E-state index contributed by atoms with van der Waals surface area (Å²) in [5, 5.41) is 3.56. The number of hydrogen-bond donors (Lipinski definition) is 2. The van der Waals surface area contributed by atoms with Crippen LogP contribution in [0.15, 0.2) is 12.1 Å². The maximum Gasteiger partial charge on any atom is 0.251 e. The fourth-order valence-electron chi connectivity index (χ4n) is 2.49. The van der Waals surface area contributed by atoms with Crippen molar-refractivity contribution in [1.82, 2.24) is 5.32 Å². The molecule has 3 nitrogen and oxygen atoms in total. The number of nitrogens with one attached hydrogen (secondary N) is 1. The zero-order chi connectivity index (χ0) is 15.7. The van der Waals surface area contributed by atoms with Crippen LogP contribution in [0.4, 0.5) is 5.69 Å². The van der Waals surface area contributed by atoms with Crippen molar-refractivity contribution in [3.05, 3.63) is 27.7 Å². The van der Waals surface area contributed by atoms with Crippen LogP contribution in [0.1, 0.15) is 51.4 Å². The SMILES string of the molecule is CC(C)(C)CC(C)(C)NC(=O)c1cc(N)c(Cl)c(Cl)c1. The fraction of sp³-hybridized carbons (Fsp3) is 0.533. The summed E-state index contributed by atoms with van der Waals surface area (Å²) < 4.78 is 0. The monoisotopic (exact) mass is 316 g/mol. The van der Waals surface area contributed by atoms with Gasteiger partial charge in [0.15, 0.2) is 0 Å². The molecule has 1 aromatic rings. The molecule has 112 valence electrons. The van der Waals surface area contributed by atoms with E-state index >= 15 is 0 Å². The lowest BCUT2D eigenvalue weighted by Gasteiger charge is -2.33. The number of halogens is 2. The Morgan fingerprint density at radius 1 is 1.20 bits per heavy atom. The van der Waals surface area contributed by atoms with E-state index in [1.165, 1.54) is 12.1 Å². The predicted molar refractivity (Wildman–Crippen MR) is 86.5 cm³/mol. The summed E-state index contributed by atoms with van der Waals surface area (Å²) in [6, 6.07) is 3.07. The van der Waals surface area contributed by atoms with E-state index in [4.69, 9.17) is 28.9 Å². The Morgan fingerprint density at radius 3 is 2.20 bits per heavy atom. The van der Waals surface area contributed by atoms with Crippen LogP contribution in [-0.2, 0) is 0 Å². The van der Waals surface area contributed by atoms with Gasteiger partial charge in [-0.1, -0.05) is 44.0 Å². The van der Waals surface area contributed by atoms with E-state index in [1.807, 2.05) is 13.8 Å². The Morgan fingerprint density at radius 2 is 1.75 bits per heavy atom. The molecular weight excluding hydrogens is 295 g/mol.